The van der Waals surface area contributed by atoms with Crippen LogP contribution in [0.3, 0.4) is 0 Å². The molecule has 1 unspecified atom stereocenters. The molecular formula is C14H17ClO3. The maximum absolute atomic E-state index is 11.8. The highest BCUT2D eigenvalue weighted by molar-refractivity contribution is 6.43. The van der Waals surface area contributed by atoms with Gasteiger partial charge in [0, 0.05) is 5.56 Å². The van der Waals surface area contributed by atoms with E-state index in [0.29, 0.717) is 11.5 Å². The summed E-state index contributed by atoms with van der Waals surface area (Å²) in [6.07, 6.45) is 0.954. The summed E-state index contributed by atoms with van der Waals surface area (Å²) in [7, 11) is 1.21. The lowest BCUT2D eigenvalue weighted by Gasteiger charge is -2.08. The second-order valence-electron chi connectivity index (χ2n) is 4.54. The third-order valence-corrected chi connectivity index (χ3v) is 2.90. The van der Waals surface area contributed by atoms with Crippen molar-refractivity contribution in [1.82, 2.24) is 0 Å². The number of hydrogen-bond donors (Lipinski definition) is 0. The molecule has 0 radical (unpaired) electrons. The minimum atomic E-state index is -1.27. The lowest BCUT2D eigenvalue weighted by Crippen LogP contribution is -2.25. The molecule has 3 nitrogen and oxygen atoms in total. The maximum atomic E-state index is 11.8. The molecule has 1 aromatic rings. The minimum absolute atomic E-state index is 0.424. The van der Waals surface area contributed by atoms with E-state index in [1.807, 2.05) is 12.1 Å². The first-order valence-electron chi connectivity index (χ1n) is 5.80. The SMILES string of the molecule is COC(=O)C(Cl)C(=O)c1ccc(CC(C)C)cc1. The number of alkyl halides is 1. The molecule has 4 heteroatoms. The maximum Gasteiger partial charge on any atom is 0.331 e. The van der Waals surface area contributed by atoms with Crippen molar-refractivity contribution in [3.8, 4) is 0 Å². The van der Waals surface area contributed by atoms with Gasteiger partial charge in [0.05, 0.1) is 7.11 Å². The second kappa shape index (κ2) is 6.55. The highest BCUT2D eigenvalue weighted by Gasteiger charge is 2.25. The predicted octanol–water partition coefficient (Wildman–Crippen LogP) is 2.85. The lowest BCUT2D eigenvalue weighted by atomic mass is 10.00. The van der Waals surface area contributed by atoms with Crippen molar-refractivity contribution in [3.63, 3.8) is 0 Å². The highest BCUT2D eigenvalue weighted by Crippen LogP contribution is 2.13. The second-order valence-corrected chi connectivity index (χ2v) is 4.98. The van der Waals surface area contributed by atoms with Crippen LogP contribution in [-0.2, 0) is 16.0 Å². The average molecular weight is 269 g/mol. The lowest BCUT2D eigenvalue weighted by molar-refractivity contribution is -0.139. The van der Waals surface area contributed by atoms with E-state index in [4.69, 9.17) is 11.6 Å². The Morgan fingerprint density at radius 1 is 1.22 bits per heavy atom. The number of benzene rings is 1. The Bertz CT molecular complexity index is 423. The van der Waals surface area contributed by atoms with E-state index in [-0.39, 0.29) is 0 Å². The van der Waals surface area contributed by atoms with Gasteiger partial charge in [-0.15, -0.1) is 11.6 Å². The van der Waals surface area contributed by atoms with Crippen molar-refractivity contribution in [2.24, 2.45) is 5.92 Å². The zero-order valence-electron chi connectivity index (χ0n) is 10.8. The molecule has 0 amide bonds. The third-order valence-electron chi connectivity index (χ3n) is 2.52. The van der Waals surface area contributed by atoms with E-state index in [0.717, 1.165) is 12.0 Å². The van der Waals surface area contributed by atoms with Gasteiger partial charge >= 0.3 is 5.97 Å². The molecule has 0 aliphatic rings. The number of hydrogen-bond acceptors (Lipinski definition) is 3. The molecule has 0 aliphatic heterocycles. The monoisotopic (exact) mass is 268 g/mol. The number of carbonyl (C=O) groups is 2. The normalized spacial score (nSPS) is 12.3. The van der Waals surface area contributed by atoms with Crippen molar-refractivity contribution in [1.29, 1.82) is 0 Å². The van der Waals surface area contributed by atoms with E-state index in [2.05, 4.69) is 18.6 Å². The molecule has 0 aliphatic carbocycles. The molecule has 0 aromatic heterocycles. The van der Waals surface area contributed by atoms with Gasteiger partial charge in [-0.1, -0.05) is 38.1 Å². The van der Waals surface area contributed by atoms with Gasteiger partial charge < -0.3 is 4.74 Å². The van der Waals surface area contributed by atoms with Gasteiger partial charge in [-0.2, -0.15) is 0 Å². The first-order valence-corrected chi connectivity index (χ1v) is 6.24. The minimum Gasteiger partial charge on any atom is -0.468 e. The fraction of sp³-hybridized carbons (Fsp3) is 0.429. The van der Waals surface area contributed by atoms with Gasteiger partial charge in [0.25, 0.3) is 0 Å². The number of esters is 1. The predicted molar refractivity (Wildman–Crippen MR) is 71.0 cm³/mol. The van der Waals surface area contributed by atoms with Crippen LogP contribution < -0.4 is 0 Å². The molecule has 0 bridgehead atoms. The summed E-state index contributed by atoms with van der Waals surface area (Å²) in [4.78, 5) is 23.0. The molecule has 18 heavy (non-hydrogen) atoms. The average Bonchev–Trinajstić information content (AvgIpc) is 2.36. The molecule has 1 aromatic carbocycles. The van der Waals surface area contributed by atoms with Gasteiger partial charge in [-0.25, -0.2) is 4.79 Å². The molecule has 0 saturated carbocycles. The fourth-order valence-corrected chi connectivity index (χ4v) is 1.85. The number of carbonyl (C=O) groups excluding carboxylic acids is 2. The largest absolute Gasteiger partial charge is 0.468 e. The van der Waals surface area contributed by atoms with Crippen LogP contribution in [0.2, 0.25) is 0 Å². The molecule has 0 N–H and O–H groups in total. The Balaban J connectivity index is 2.79. The first-order chi connectivity index (χ1) is 8.45. The number of halogens is 1. The highest BCUT2D eigenvalue weighted by atomic mass is 35.5. The molecular weight excluding hydrogens is 252 g/mol. The van der Waals surface area contributed by atoms with Crippen molar-refractivity contribution >= 4 is 23.4 Å². The Labute approximate surface area is 112 Å². The van der Waals surface area contributed by atoms with Gasteiger partial charge in [0.1, 0.15) is 0 Å². The molecule has 0 fully saturated rings. The van der Waals surface area contributed by atoms with Gasteiger partial charge in [0.2, 0.25) is 0 Å². The third kappa shape index (κ3) is 3.84. The number of rotatable bonds is 5. The van der Waals surface area contributed by atoms with E-state index >= 15 is 0 Å². The Hall–Kier alpha value is -1.35. The van der Waals surface area contributed by atoms with E-state index < -0.39 is 17.1 Å². The summed E-state index contributed by atoms with van der Waals surface area (Å²) in [5.41, 5.74) is 1.58. The standard InChI is InChI=1S/C14H17ClO3/c1-9(2)8-10-4-6-11(7-5-10)13(16)12(15)14(17)18-3/h4-7,9,12H,8H2,1-3H3. The summed E-state index contributed by atoms with van der Waals surface area (Å²) >= 11 is 5.72. The van der Waals surface area contributed by atoms with E-state index in [9.17, 15) is 9.59 Å². The number of Topliss-reactive ketones (excluding diaryl/α,β-unsaturated/α-hetero) is 1. The molecule has 0 spiro atoms. The van der Waals surface area contributed by atoms with Gasteiger partial charge in [0.15, 0.2) is 11.2 Å². The van der Waals surface area contributed by atoms with Crippen molar-refractivity contribution in [3.05, 3.63) is 35.4 Å². The zero-order chi connectivity index (χ0) is 13.7. The van der Waals surface area contributed by atoms with Crippen LogP contribution in [-0.4, -0.2) is 24.2 Å². The van der Waals surface area contributed by atoms with Crippen LogP contribution in [0.4, 0.5) is 0 Å². The van der Waals surface area contributed by atoms with E-state index in [1.165, 1.54) is 7.11 Å². The number of ketones is 1. The van der Waals surface area contributed by atoms with Crippen LogP contribution >= 0.6 is 11.6 Å². The van der Waals surface area contributed by atoms with Crippen LogP contribution in [0.15, 0.2) is 24.3 Å². The van der Waals surface area contributed by atoms with Crippen molar-refractivity contribution < 1.29 is 14.3 Å². The smallest absolute Gasteiger partial charge is 0.331 e. The van der Waals surface area contributed by atoms with Crippen LogP contribution in [0, 0.1) is 5.92 Å². The van der Waals surface area contributed by atoms with Gasteiger partial charge in [-0.05, 0) is 17.9 Å². The van der Waals surface area contributed by atoms with Gasteiger partial charge in [-0.3, -0.25) is 4.79 Å². The van der Waals surface area contributed by atoms with Crippen LogP contribution in [0.25, 0.3) is 0 Å². The molecule has 98 valence electrons. The quantitative estimate of drug-likeness (QED) is 0.357. The Kier molecular flexibility index (Phi) is 5.35. The fourth-order valence-electron chi connectivity index (χ4n) is 1.63. The molecule has 1 atom stereocenters. The molecule has 1 rings (SSSR count). The molecule has 0 saturated heterocycles. The topological polar surface area (TPSA) is 43.4 Å². The van der Waals surface area contributed by atoms with Crippen LogP contribution in [0.5, 0.6) is 0 Å². The van der Waals surface area contributed by atoms with Crippen molar-refractivity contribution in [2.45, 2.75) is 25.6 Å². The van der Waals surface area contributed by atoms with E-state index in [1.54, 1.807) is 12.1 Å². The molecule has 0 heterocycles. The summed E-state index contributed by atoms with van der Waals surface area (Å²) in [6.45, 7) is 4.26. The zero-order valence-corrected chi connectivity index (χ0v) is 11.5. The summed E-state index contributed by atoms with van der Waals surface area (Å²) in [6, 6.07) is 7.15. The number of ether oxygens (including phenoxy) is 1. The van der Waals surface area contributed by atoms with Crippen LogP contribution in [0.1, 0.15) is 29.8 Å². The number of methoxy groups -OCH3 is 1. The summed E-state index contributed by atoms with van der Waals surface area (Å²) < 4.78 is 4.44. The Morgan fingerprint density at radius 3 is 2.22 bits per heavy atom. The summed E-state index contributed by atoms with van der Waals surface area (Å²) in [5, 5.41) is -1.27. The first kappa shape index (κ1) is 14.7. The van der Waals surface area contributed by atoms with Crippen molar-refractivity contribution in [2.75, 3.05) is 7.11 Å². The Morgan fingerprint density at radius 2 is 1.78 bits per heavy atom. The summed E-state index contributed by atoms with van der Waals surface area (Å²) in [5.74, 6) is -0.602.